The van der Waals surface area contributed by atoms with E-state index in [-0.39, 0.29) is 52.9 Å². The molecule has 4 bridgehead atoms. The Morgan fingerprint density at radius 1 is 0.898 bits per heavy atom. The molecule has 7 heteroatoms. The van der Waals surface area contributed by atoms with Gasteiger partial charge in [-0.15, -0.1) is 0 Å². The van der Waals surface area contributed by atoms with Gasteiger partial charge in [-0.2, -0.15) is 0 Å². The van der Waals surface area contributed by atoms with Gasteiger partial charge in [0.05, 0.1) is 30.7 Å². The first-order valence-electron chi connectivity index (χ1n) is 19.1. The topological polar surface area (TPSA) is 56.3 Å². The fourth-order valence-corrected chi connectivity index (χ4v) is 15.0. The summed E-state index contributed by atoms with van der Waals surface area (Å²) in [6.07, 6.45) is 11.7. The molecule has 2 aromatic rings. The Kier molecular flexibility index (Phi) is 4.82. The van der Waals surface area contributed by atoms with Crippen LogP contribution in [0.2, 0.25) is 0 Å². The third-order valence-corrected chi connectivity index (χ3v) is 16.3. The maximum Gasteiger partial charge on any atom is 0.234 e. The lowest BCUT2D eigenvalue weighted by Crippen LogP contribution is -2.73. The lowest BCUT2D eigenvalue weighted by atomic mass is 9.52. The molecule has 2 aliphatic carbocycles. The highest BCUT2D eigenvalue weighted by atomic mass is 16.5. The Bertz CT molecular complexity index is 2030. The number of rotatable bonds is 1. The molecule has 0 radical (unpaired) electrons. The van der Waals surface area contributed by atoms with Crippen molar-refractivity contribution < 1.29 is 14.3 Å². The van der Waals surface area contributed by atoms with Gasteiger partial charge >= 0.3 is 0 Å². The number of allylic oxidation sites excluding steroid dienone is 1. The number of para-hydroxylation sites is 2. The zero-order valence-corrected chi connectivity index (χ0v) is 28.0. The van der Waals surface area contributed by atoms with Gasteiger partial charge in [0.1, 0.15) is 0 Å². The number of hydrogen-bond acceptors (Lipinski definition) is 5. The molecule has 0 aromatic heterocycles. The van der Waals surface area contributed by atoms with Crippen LogP contribution in [-0.2, 0) is 25.2 Å². The summed E-state index contributed by atoms with van der Waals surface area (Å²) in [5.74, 6) is 1.38. The molecule has 0 unspecified atom stereocenters. The van der Waals surface area contributed by atoms with Crippen molar-refractivity contribution in [2.45, 2.75) is 86.2 Å². The Labute approximate surface area is 287 Å². The highest BCUT2D eigenvalue weighted by molar-refractivity contribution is 6.02. The van der Waals surface area contributed by atoms with Crippen molar-refractivity contribution in [3.05, 3.63) is 94.6 Å². The minimum atomic E-state index is -0.254. The predicted molar refractivity (Wildman–Crippen MR) is 185 cm³/mol. The zero-order chi connectivity index (χ0) is 32.1. The van der Waals surface area contributed by atoms with E-state index in [4.69, 9.17) is 4.74 Å². The molecular weight excluding hydrogens is 608 g/mol. The quantitative estimate of drug-likeness (QED) is 0.419. The molecule has 13 rings (SSSR count). The number of ether oxygens (including phenoxy) is 1. The van der Waals surface area contributed by atoms with Crippen LogP contribution in [0.4, 0.5) is 11.4 Å². The molecule has 5 saturated heterocycles. The summed E-state index contributed by atoms with van der Waals surface area (Å²) in [4.78, 5) is 39.7. The van der Waals surface area contributed by atoms with E-state index in [1.165, 1.54) is 34.4 Å². The second-order valence-corrected chi connectivity index (χ2v) is 17.2. The van der Waals surface area contributed by atoms with E-state index in [1.54, 1.807) is 5.57 Å². The number of hydrogen-bond donors (Lipinski definition) is 0. The van der Waals surface area contributed by atoms with Crippen LogP contribution >= 0.6 is 0 Å². The fourth-order valence-electron chi connectivity index (χ4n) is 15.0. The summed E-state index contributed by atoms with van der Waals surface area (Å²) in [7, 11) is 0. The van der Waals surface area contributed by atoms with Crippen LogP contribution in [0.1, 0.15) is 50.2 Å². The number of carbonyl (C=O) groups excluding carboxylic acids is 2. The van der Waals surface area contributed by atoms with Crippen molar-refractivity contribution in [1.82, 2.24) is 9.80 Å². The molecule has 9 heterocycles. The van der Waals surface area contributed by atoms with Crippen molar-refractivity contribution >= 4 is 23.2 Å². The molecule has 0 N–H and O–H groups in total. The average molecular weight is 651 g/mol. The Hall–Kier alpha value is -3.52. The third kappa shape index (κ3) is 2.76. The smallest absolute Gasteiger partial charge is 0.234 e. The molecule has 2 amide bonds. The standard InChI is InChI=1S/C42H42N4O3/c1-2-22-21-44-31(19-42-28-8-4-5-9-29(28)45-34(47)12-11-24(38(42)45)25(22)17-33(42)44)36-37-35-26-18-32-41(14-15-43(32)20-23(26)13-16-49-37)27-7-3-6-10-30(27)46(39(35)41)40(36)48/h2-11,13,25-26,31-33,35-39H,12,14-21H2,1H3/b22-2-/t25-,26-,31+,32-,33-,35-,36-,37+,38-,39-,41+,42+/m0/s1. The summed E-state index contributed by atoms with van der Waals surface area (Å²) in [6, 6.07) is 18.8. The summed E-state index contributed by atoms with van der Waals surface area (Å²) in [5.41, 5.74) is 9.28. The first-order valence-corrected chi connectivity index (χ1v) is 19.1. The summed E-state index contributed by atoms with van der Waals surface area (Å²) >= 11 is 0. The van der Waals surface area contributed by atoms with E-state index in [1.807, 2.05) is 0 Å². The van der Waals surface area contributed by atoms with E-state index in [0.717, 1.165) is 44.6 Å². The minimum absolute atomic E-state index is 0.0122. The van der Waals surface area contributed by atoms with Crippen LogP contribution in [0.15, 0.2) is 83.5 Å². The van der Waals surface area contributed by atoms with E-state index in [9.17, 15) is 4.79 Å². The van der Waals surface area contributed by atoms with Crippen LogP contribution in [-0.4, -0.2) is 84.2 Å². The second kappa shape index (κ2) is 8.67. The van der Waals surface area contributed by atoms with Gasteiger partial charge in [-0.05, 0) is 73.9 Å². The SMILES string of the molecule is C/C=C1/CN2[C@@H]([C@@H]3C(=O)N4c5ccccc5[C@@]56CCN7CC8=CCO[C@@H]3[C@@H]([C@H]45)[C@H]8C[C@H]76)C[C@@]34c5ccccc5N5C(=O)CC=C([C@H]1C[C@H]23)[C@H]54. The van der Waals surface area contributed by atoms with E-state index in [0.29, 0.717) is 42.7 Å². The average Bonchev–Trinajstić information content (AvgIpc) is 3.82. The monoisotopic (exact) mass is 650 g/mol. The lowest BCUT2D eigenvalue weighted by molar-refractivity contribution is -0.149. The molecule has 7 nitrogen and oxygen atoms in total. The zero-order valence-electron chi connectivity index (χ0n) is 28.0. The van der Waals surface area contributed by atoms with Gasteiger partial charge in [-0.25, -0.2) is 0 Å². The molecular formula is C42H42N4O3. The Morgan fingerprint density at radius 2 is 1.69 bits per heavy atom. The first-order chi connectivity index (χ1) is 24.1. The number of anilines is 2. The van der Waals surface area contributed by atoms with Crippen LogP contribution < -0.4 is 9.80 Å². The number of fused-ring (bicyclic) bond motifs is 6. The minimum Gasteiger partial charge on any atom is -0.373 e. The molecule has 2 spiro atoms. The number of amides is 2. The largest absolute Gasteiger partial charge is 0.373 e. The Morgan fingerprint density at radius 3 is 2.53 bits per heavy atom. The highest BCUT2D eigenvalue weighted by Gasteiger charge is 2.76. The van der Waals surface area contributed by atoms with Gasteiger partial charge in [-0.1, -0.05) is 65.8 Å². The van der Waals surface area contributed by atoms with Gasteiger partial charge in [-0.3, -0.25) is 19.4 Å². The molecule has 2 saturated carbocycles. The van der Waals surface area contributed by atoms with Gasteiger partial charge in [0, 0.05) is 71.7 Å². The predicted octanol–water partition coefficient (Wildman–Crippen LogP) is 4.72. The molecule has 248 valence electrons. The van der Waals surface area contributed by atoms with Gasteiger partial charge in [0.2, 0.25) is 11.8 Å². The highest BCUT2D eigenvalue weighted by Crippen LogP contribution is 2.70. The normalized spacial score (nSPS) is 46.8. The van der Waals surface area contributed by atoms with Crippen molar-refractivity contribution in [2.75, 3.05) is 36.0 Å². The van der Waals surface area contributed by atoms with Crippen LogP contribution in [0, 0.1) is 23.7 Å². The number of piperidine rings is 3. The van der Waals surface area contributed by atoms with E-state index >= 15 is 4.79 Å². The fraction of sp³-hybridized carbons (Fsp3) is 0.524. The van der Waals surface area contributed by atoms with Gasteiger partial charge in [0.15, 0.2) is 0 Å². The maximum absolute atomic E-state index is 15.8. The summed E-state index contributed by atoms with van der Waals surface area (Å²) < 4.78 is 7.14. The second-order valence-electron chi connectivity index (χ2n) is 17.2. The van der Waals surface area contributed by atoms with Gasteiger partial charge < -0.3 is 14.5 Å². The molecule has 2 aromatic carbocycles. The van der Waals surface area contributed by atoms with E-state index < -0.39 is 0 Å². The number of nitrogens with zero attached hydrogens (tertiary/aromatic N) is 4. The number of benzene rings is 2. The molecule has 9 aliphatic heterocycles. The van der Waals surface area contributed by atoms with Crippen LogP contribution in [0.3, 0.4) is 0 Å². The van der Waals surface area contributed by atoms with Crippen LogP contribution in [0.5, 0.6) is 0 Å². The molecule has 7 fully saturated rings. The van der Waals surface area contributed by atoms with Gasteiger partial charge in [0.25, 0.3) is 0 Å². The Balaban J connectivity index is 1.03. The third-order valence-electron chi connectivity index (χ3n) is 16.3. The van der Waals surface area contributed by atoms with Crippen molar-refractivity contribution in [3.8, 4) is 0 Å². The van der Waals surface area contributed by atoms with Crippen molar-refractivity contribution in [3.63, 3.8) is 0 Å². The molecule has 12 atom stereocenters. The first kappa shape index (κ1) is 27.2. The molecule has 11 aliphatic rings. The summed E-state index contributed by atoms with van der Waals surface area (Å²) in [6.45, 7) is 5.87. The summed E-state index contributed by atoms with van der Waals surface area (Å²) in [5, 5.41) is 0. The van der Waals surface area contributed by atoms with E-state index in [2.05, 4.69) is 93.3 Å². The van der Waals surface area contributed by atoms with Crippen LogP contribution in [0.25, 0.3) is 0 Å². The maximum atomic E-state index is 15.8. The van der Waals surface area contributed by atoms with Crippen molar-refractivity contribution in [2.24, 2.45) is 23.7 Å². The number of carbonyl (C=O) groups is 2. The lowest BCUT2D eigenvalue weighted by Gasteiger charge is -2.61. The molecule has 49 heavy (non-hydrogen) atoms. The van der Waals surface area contributed by atoms with Crippen molar-refractivity contribution in [1.29, 1.82) is 0 Å².